The Labute approximate surface area is 89.1 Å². The molecule has 1 rings (SSSR count). The molecule has 0 aliphatic carbocycles. The summed E-state index contributed by atoms with van der Waals surface area (Å²) in [4.78, 5) is 16.0. The molecular formula is C6H8ClN3O3S. The van der Waals surface area contributed by atoms with Crippen LogP contribution in [0.5, 0.6) is 0 Å². The molecular weight excluding hydrogens is 230 g/mol. The van der Waals surface area contributed by atoms with Gasteiger partial charge in [-0.05, 0) is 11.6 Å². The molecule has 1 N–H and O–H groups in total. The van der Waals surface area contributed by atoms with Gasteiger partial charge in [-0.25, -0.2) is 5.48 Å². The number of aromatic nitrogens is 2. The van der Waals surface area contributed by atoms with E-state index in [2.05, 4.69) is 15.7 Å². The first-order valence-corrected chi connectivity index (χ1v) is 4.83. The van der Waals surface area contributed by atoms with Crippen LogP contribution in [0, 0.1) is 0 Å². The second kappa shape index (κ2) is 5.86. The average molecular weight is 238 g/mol. The number of hydrogen-bond donors (Lipinski definition) is 1. The molecule has 0 atom stereocenters. The topological polar surface area (TPSA) is 73.3 Å². The highest BCUT2D eigenvalue weighted by atomic mass is 35.5. The van der Waals surface area contributed by atoms with Gasteiger partial charge in [0.1, 0.15) is 0 Å². The third-order valence-electron chi connectivity index (χ3n) is 1.15. The Morgan fingerprint density at radius 1 is 1.57 bits per heavy atom. The Kier molecular flexibility index (Phi) is 4.74. The van der Waals surface area contributed by atoms with E-state index < -0.39 is 5.91 Å². The van der Waals surface area contributed by atoms with E-state index >= 15 is 0 Å². The highest BCUT2D eigenvalue weighted by Crippen LogP contribution is 2.14. The Hall–Kier alpha value is -0.760. The molecule has 1 aromatic rings. The van der Waals surface area contributed by atoms with Gasteiger partial charge in [0.25, 0.3) is 0 Å². The maximum absolute atomic E-state index is 11.2. The van der Waals surface area contributed by atoms with E-state index in [4.69, 9.17) is 21.2 Å². The quantitative estimate of drug-likeness (QED) is 0.596. The van der Waals surface area contributed by atoms with Crippen molar-refractivity contribution in [3.05, 3.63) is 9.47 Å². The molecule has 8 heteroatoms. The summed E-state index contributed by atoms with van der Waals surface area (Å²) in [6.45, 7) is 0.673. The molecule has 0 fully saturated rings. The predicted molar refractivity (Wildman–Crippen MR) is 50.2 cm³/mol. The lowest BCUT2D eigenvalue weighted by Gasteiger charge is -2.01. The fraction of sp³-hybridized carbons (Fsp3) is 0.500. The Morgan fingerprint density at radius 3 is 2.93 bits per heavy atom. The van der Waals surface area contributed by atoms with Gasteiger partial charge < -0.3 is 4.74 Å². The van der Waals surface area contributed by atoms with Crippen molar-refractivity contribution < 1.29 is 14.4 Å². The summed E-state index contributed by atoms with van der Waals surface area (Å²) in [7, 11) is 1.54. The molecule has 1 amide bonds. The van der Waals surface area contributed by atoms with Crippen molar-refractivity contribution in [3.8, 4) is 0 Å². The van der Waals surface area contributed by atoms with E-state index in [-0.39, 0.29) is 16.1 Å². The molecule has 0 spiro atoms. The molecule has 0 aliphatic heterocycles. The van der Waals surface area contributed by atoms with Crippen molar-refractivity contribution in [2.75, 3.05) is 20.3 Å². The van der Waals surface area contributed by atoms with Crippen molar-refractivity contribution in [3.63, 3.8) is 0 Å². The number of nitrogens with zero attached hydrogens (tertiary/aromatic N) is 2. The SMILES string of the molecule is COCCONC(=O)c1nnc(Cl)s1. The van der Waals surface area contributed by atoms with Crippen molar-refractivity contribution >= 4 is 28.8 Å². The van der Waals surface area contributed by atoms with Crippen molar-refractivity contribution in [2.45, 2.75) is 0 Å². The Balaban J connectivity index is 2.29. The number of carbonyl (C=O) groups is 1. The van der Waals surface area contributed by atoms with E-state index in [9.17, 15) is 4.79 Å². The van der Waals surface area contributed by atoms with Gasteiger partial charge in [0, 0.05) is 7.11 Å². The molecule has 0 aromatic carbocycles. The number of methoxy groups -OCH3 is 1. The highest BCUT2D eigenvalue weighted by molar-refractivity contribution is 7.17. The fourth-order valence-electron chi connectivity index (χ4n) is 0.582. The van der Waals surface area contributed by atoms with Gasteiger partial charge in [0.15, 0.2) is 0 Å². The normalized spacial score (nSPS) is 10.1. The van der Waals surface area contributed by atoms with Gasteiger partial charge in [-0.2, -0.15) is 0 Å². The zero-order valence-electron chi connectivity index (χ0n) is 7.32. The summed E-state index contributed by atoms with van der Waals surface area (Å²) >= 11 is 6.47. The van der Waals surface area contributed by atoms with E-state index in [1.54, 1.807) is 0 Å². The van der Waals surface area contributed by atoms with Gasteiger partial charge in [0.2, 0.25) is 9.47 Å². The van der Waals surface area contributed by atoms with Crippen LogP contribution in [-0.2, 0) is 9.57 Å². The van der Waals surface area contributed by atoms with Crippen LogP contribution in [0.1, 0.15) is 9.80 Å². The van der Waals surface area contributed by atoms with Crippen LogP contribution in [-0.4, -0.2) is 36.4 Å². The van der Waals surface area contributed by atoms with Gasteiger partial charge in [-0.15, -0.1) is 10.2 Å². The van der Waals surface area contributed by atoms with Crippen LogP contribution >= 0.6 is 22.9 Å². The predicted octanol–water partition coefficient (Wildman–Crippen LogP) is 0.499. The van der Waals surface area contributed by atoms with Gasteiger partial charge >= 0.3 is 5.91 Å². The van der Waals surface area contributed by atoms with E-state index in [1.165, 1.54) is 7.11 Å². The number of ether oxygens (including phenoxy) is 1. The number of halogens is 1. The van der Waals surface area contributed by atoms with E-state index in [0.29, 0.717) is 6.61 Å². The Bertz CT molecular complexity index is 306. The number of rotatable bonds is 5. The maximum atomic E-state index is 11.2. The lowest BCUT2D eigenvalue weighted by molar-refractivity contribution is 0.00883. The standard InChI is InChI=1S/C6H8ClN3O3S/c1-12-2-3-13-10-4(11)5-8-9-6(7)14-5/h2-3H2,1H3,(H,10,11). The van der Waals surface area contributed by atoms with Gasteiger partial charge in [-0.3, -0.25) is 9.63 Å². The molecule has 14 heavy (non-hydrogen) atoms. The first-order valence-electron chi connectivity index (χ1n) is 3.64. The number of amides is 1. The molecule has 0 radical (unpaired) electrons. The second-order valence-electron chi connectivity index (χ2n) is 2.13. The molecule has 0 aliphatic rings. The summed E-state index contributed by atoms with van der Waals surface area (Å²) in [5, 5.41) is 7.16. The average Bonchev–Trinajstić information content (AvgIpc) is 2.59. The summed E-state index contributed by atoms with van der Waals surface area (Å²) in [6, 6.07) is 0. The molecule has 0 saturated carbocycles. The monoisotopic (exact) mass is 237 g/mol. The summed E-state index contributed by atoms with van der Waals surface area (Å²) in [5.41, 5.74) is 2.18. The van der Waals surface area contributed by atoms with E-state index in [0.717, 1.165) is 11.3 Å². The van der Waals surface area contributed by atoms with Gasteiger partial charge in [-0.1, -0.05) is 11.3 Å². The lowest BCUT2D eigenvalue weighted by Crippen LogP contribution is -2.25. The Morgan fingerprint density at radius 2 is 2.36 bits per heavy atom. The molecule has 1 heterocycles. The minimum Gasteiger partial charge on any atom is -0.382 e. The number of carbonyl (C=O) groups excluding carboxylic acids is 1. The van der Waals surface area contributed by atoms with Crippen LogP contribution < -0.4 is 5.48 Å². The summed E-state index contributed by atoms with van der Waals surface area (Å²) in [5.74, 6) is -0.467. The van der Waals surface area contributed by atoms with Crippen LogP contribution in [0.3, 0.4) is 0 Å². The summed E-state index contributed by atoms with van der Waals surface area (Å²) in [6.07, 6.45) is 0. The maximum Gasteiger partial charge on any atom is 0.305 e. The molecule has 1 aromatic heterocycles. The first kappa shape index (κ1) is 11.3. The highest BCUT2D eigenvalue weighted by Gasteiger charge is 2.11. The smallest absolute Gasteiger partial charge is 0.305 e. The van der Waals surface area contributed by atoms with Crippen molar-refractivity contribution in [1.82, 2.24) is 15.7 Å². The number of hydrogen-bond acceptors (Lipinski definition) is 6. The third kappa shape index (κ3) is 3.54. The molecule has 78 valence electrons. The van der Waals surface area contributed by atoms with Crippen molar-refractivity contribution in [2.24, 2.45) is 0 Å². The number of nitrogens with one attached hydrogen (secondary N) is 1. The zero-order valence-corrected chi connectivity index (χ0v) is 8.89. The molecule has 0 saturated heterocycles. The number of hydroxylamine groups is 1. The second-order valence-corrected chi connectivity index (χ2v) is 3.69. The largest absolute Gasteiger partial charge is 0.382 e. The fourth-order valence-corrected chi connectivity index (χ4v) is 1.30. The summed E-state index contributed by atoms with van der Waals surface area (Å²) < 4.78 is 4.93. The first-order chi connectivity index (χ1) is 6.74. The molecule has 0 bridgehead atoms. The minimum atomic E-state index is -0.467. The molecule has 6 nitrogen and oxygen atoms in total. The van der Waals surface area contributed by atoms with E-state index in [1.807, 2.05) is 0 Å². The van der Waals surface area contributed by atoms with Crippen molar-refractivity contribution in [1.29, 1.82) is 0 Å². The third-order valence-corrected chi connectivity index (χ3v) is 2.17. The van der Waals surface area contributed by atoms with Crippen LogP contribution in [0.15, 0.2) is 0 Å². The van der Waals surface area contributed by atoms with Crippen LogP contribution in [0.4, 0.5) is 0 Å². The zero-order chi connectivity index (χ0) is 10.4. The van der Waals surface area contributed by atoms with Crippen LogP contribution in [0.2, 0.25) is 4.47 Å². The van der Waals surface area contributed by atoms with Crippen LogP contribution in [0.25, 0.3) is 0 Å². The lowest BCUT2D eigenvalue weighted by atomic mass is 10.7. The van der Waals surface area contributed by atoms with Gasteiger partial charge in [0.05, 0.1) is 13.2 Å². The molecule has 0 unspecified atom stereocenters. The minimum absolute atomic E-state index is 0.160.